The van der Waals surface area contributed by atoms with Gasteiger partial charge < -0.3 is 15.8 Å². The minimum absolute atomic E-state index is 0.000894. The van der Waals surface area contributed by atoms with E-state index in [0.29, 0.717) is 19.1 Å². The van der Waals surface area contributed by atoms with Gasteiger partial charge in [0.05, 0.1) is 12.5 Å². The van der Waals surface area contributed by atoms with Crippen molar-refractivity contribution in [1.82, 2.24) is 5.32 Å². The SMILES string of the molecule is CC(C)C(N)CNC(=O)C1CCOc2ccccc21. The fraction of sp³-hybridized carbons (Fsp3) is 0.533. The summed E-state index contributed by atoms with van der Waals surface area (Å²) in [6.07, 6.45) is 0.722. The smallest absolute Gasteiger partial charge is 0.227 e. The quantitative estimate of drug-likeness (QED) is 0.867. The number of benzene rings is 1. The summed E-state index contributed by atoms with van der Waals surface area (Å²) in [5, 5.41) is 2.95. The van der Waals surface area contributed by atoms with Crippen LogP contribution in [0.15, 0.2) is 24.3 Å². The van der Waals surface area contributed by atoms with E-state index in [-0.39, 0.29) is 17.9 Å². The molecule has 0 spiro atoms. The fourth-order valence-corrected chi connectivity index (χ4v) is 2.19. The molecular weight excluding hydrogens is 240 g/mol. The Morgan fingerprint density at radius 3 is 2.95 bits per heavy atom. The molecule has 1 aliphatic rings. The molecule has 1 aromatic rings. The van der Waals surface area contributed by atoms with Gasteiger partial charge in [-0.3, -0.25) is 4.79 Å². The number of rotatable bonds is 4. The van der Waals surface area contributed by atoms with Crippen LogP contribution < -0.4 is 15.8 Å². The van der Waals surface area contributed by atoms with Gasteiger partial charge in [-0.2, -0.15) is 0 Å². The second kappa shape index (κ2) is 6.06. The average Bonchev–Trinajstić information content (AvgIpc) is 2.43. The van der Waals surface area contributed by atoms with Gasteiger partial charge in [0.15, 0.2) is 0 Å². The predicted molar refractivity (Wildman–Crippen MR) is 75.1 cm³/mol. The Bertz CT molecular complexity index is 446. The summed E-state index contributed by atoms with van der Waals surface area (Å²) in [6, 6.07) is 7.73. The highest BCUT2D eigenvalue weighted by Crippen LogP contribution is 2.33. The molecule has 0 fully saturated rings. The van der Waals surface area contributed by atoms with E-state index < -0.39 is 0 Å². The maximum atomic E-state index is 12.3. The van der Waals surface area contributed by atoms with Crippen molar-refractivity contribution in [2.75, 3.05) is 13.2 Å². The van der Waals surface area contributed by atoms with Crippen molar-refractivity contribution >= 4 is 5.91 Å². The summed E-state index contributed by atoms with van der Waals surface area (Å²) in [4.78, 5) is 12.3. The zero-order valence-electron chi connectivity index (χ0n) is 11.6. The highest BCUT2D eigenvalue weighted by molar-refractivity contribution is 5.84. The number of para-hydroxylation sites is 1. The van der Waals surface area contributed by atoms with Crippen LogP contribution in [-0.2, 0) is 4.79 Å². The first kappa shape index (κ1) is 13.9. The van der Waals surface area contributed by atoms with Crippen LogP contribution in [0.4, 0.5) is 0 Å². The molecule has 0 saturated carbocycles. The lowest BCUT2D eigenvalue weighted by atomic mass is 9.92. The summed E-state index contributed by atoms with van der Waals surface area (Å²) in [5.74, 6) is 1.11. The van der Waals surface area contributed by atoms with Gasteiger partial charge in [-0.05, 0) is 18.4 Å². The summed E-state index contributed by atoms with van der Waals surface area (Å²) >= 11 is 0. The van der Waals surface area contributed by atoms with Crippen LogP contribution >= 0.6 is 0 Å². The second-order valence-electron chi connectivity index (χ2n) is 5.38. The molecule has 2 atom stereocenters. The van der Waals surface area contributed by atoms with Crippen LogP contribution in [0.1, 0.15) is 31.7 Å². The lowest BCUT2D eigenvalue weighted by Crippen LogP contribution is -2.42. The molecule has 4 heteroatoms. The molecule has 1 heterocycles. The average molecular weight is 262 g/mol. The fourth-order valence-electron chi connectivity index (χ4n) is 2.19. The summed E-state index contributed by atoms with van der Waals surface area (Å²) < 4.78 is 5.56. The number of hydrogen-bond acceptors (Lipinski definition) is 3. The molecule has 1 aliphatic heterocycles. The lowest BCUT2D eigenvalue weighted by molar-refractivity contribution is -0.123. The molecule has 1 aromatic carbocycles. The topological polar surface area (TPSA) is 64.3 Å². The van der Waals surface area contributed by atoms with Gasteiger partial charge in [0, 0.05) is 18.2 Å². The van der Waals surface area contributed by atoms with Gasteiger partial charge in [-0.25, -0.2) is 0 Å². The van der Waals surface area contributed by atoms with Gasteiger partial charge in [0.25, 0.3) is 0 Å². The van der Waals surface area contributed by atoms with Crippen LogP contribution in [0.2, 0.25) is 0 Å². The Labute approximate surface area is 114 Å². The maximum Gasteiger partial charge on any atom is 0.227 e. The summed E-state index contributed by atoms with van der Waals surface area (Å²) in [6.45, 7) is 5.22. The zero-order valence-corrected chi connectivity index (χ0v) is 11.6. The van der Waals surface area contributed by atoms with Gasteiger partial charge in [-0.1, -0.05) is 32.0 Å². The third-order valence-electron chi connectivity index (χ3n) is 3.64. The first-order valence-corrected chi connectivity index (χ1v) is 6.84. The van der Waals surface area contributed by atoms with E-state index in [9.17, 15) is 4.79 Å². The molecular formula is C15H22N2O2. The van der Waals surface area contributed by atoms with Crippen molar-refractivity contribution in [3.05, 3.63) is 29.8 Å². The van der Waals surface area contributed by atoms with E-state index in [1.165, 1.54) is 0 Å². The Morgan fingerprint density at radius 2 is 2.21 bits per heavy atom. The van der Waals surface area contributed by atoms with E-state index in [4.69, 9.17) is 10.5 Å². The number of hydrogen-bond donors (Lipinski definition) is 2. The molecule has 2 rings (SSSR count). The van der Waals surface area contributed by atoms with Crippen molar-refractivity contribution in [2.24, 2.45) is 11.7 Å². The molecule has 0 saturated heterocycles. The molecule has 3 N–H and O–H groups in total. The number of fused-ring (bicyclic) bond motifs is 1. The van der Waals surface area contributed by atoms with Crippen molar-refractivity contribution in [3.8, 4) is 5.75 Å². The lowest BCUT2D eigenvalue weighted by Gasteiger charge is -2.26. The second-order valence-corrected chi connectivity index (χ2v) is 5.38. The van der Waals surface area contributed by atoms with Crippen LogP contribution in [-0.4, -0.2) is 25.1 Å². The van der Waals surface area contributed by atoms with Gasteiger partial charge >= 0.3 is 0 Å². The number of nitrogens with one attached hydrogen (secondary N) is 1. The van der Waals surface area contributed by atoms with E-state index in [0.717, 1.165) is 17.7 Å². The third kappa shape index (κ3) is 3.26. The highest BCUT2D eigenvalue weighted by atomic mass is 16.5. The van der Waals surface area contributed by atoms with Crippen molar-refractivity contribution in [1.29, 1.82) is 0 Å². The molecule has 0 aliphatic carbocycles. The Kier molecular flexibility index (Phi) is 4.43. The molecule has 1 amide bonds. The number of nitrogens with two attached hydrogens (primary N) is 1. The predicted octanol–water partition coefficient (Wildman–Crippen LogP) is 1.65. The highest BCUT2D eigenvalue weighted by Gasteiger charge is 2.27. The standard InChI is InChI=1S/C15H22N2O2/c1-10(2)13(16)9-17-15(18)12-7-8-19-14-6-4-3-5-11(12)14/h3-6,10,12-13H,7-9,16H2,1-2H3,(H,17,18). The first-order chi connectivity index (χ1) is 9.09. The molecule has 19 heavy (non-hydrogen) atoms. The molecule has 4 nitrogen and oxygen atoms in total. The molecule has 0 bridgehead atoms. The van der Waals surface area contributed by atoms with E-state index in [1.54, 1.807) is 0 Å². The van der Waals surface area contributed by atoms with Crippen molar-refractivity contribution in [3.63, 3.8) is 0 Å². The van der Waals surface area contributed by atoms with Crippen molar-refractivity contribution < 1.29 is 9.53 Å². The summed E-state index contributed by atoms with van der Waals surface area (Å²) in [7, 11) is 0. The monoisotopic (exact) mass is 262 g/mol. The number of amides is 1. The molecule has 0 aromatic heterocycles. The van der Waals surface area contributed by atoms with E-state index >= 15 is 0 Å². The van der Waals surface area contributed by atoms with Crippen LogP contribution in [0.3, 0.4) is 0 Å². The van der Waals surface area contributed by atoms with Gasteiger partial charge in [0.1, 0.15) is 5.75 Å². The van der Waals surface area contributed by atoms with E-state index in [2.05, 4.69) is 19.2 Å². The van der Waals surface area contributed by atoms with Gasteiger partial charge in [-0.15, -0.1) is 0 Å². The zero-order chi connectivity index (χ0) is 13.8. The van der Waals surface area contributed by atoms with Crippen LogP contribution in [0.5, 0.6) is 5.75 Å². The molecule has 0 radical (unpaired) electrons. The third-order valence-corrected chi connectivity index (χ3v) is 3.64. The number of carbonyl (C=O) groups excluding carboxylic acids is 1. The first-order valence-electron chi connectivity index (χ1n) is 6.84. The van der Waals surface area contributed by atoms with Gasteiger partial charge in [0.2, 0.25) is 5.91 Å². The van der Waals surface area contributed by atoms with E-state index in [1.807, 2.05) is 24.3 Å². The minimum Gasteiger partial charge on any atom is -0.493 e. The minimum atomic E-state index is -0.121. The number of carbonyl (C=O) groups is 1. The van der Waals surface area contributed by atoms with Crippen molar-refractivity contribution in [2.45, 2.75) is 32.2 Å². The Morgan fingerprint density at radius 1 is 1.47 bits per heavy atom. The largest absolute Gasteiger partial charge is 0.493 e. The Balaban J connectivity index is 2.01. The molecule has 2 unspecified atom stereocenters. The maximum absolute atomic E-state index is 12.3. The molecule has 104 valence electrons. The number of ether oxygens (including phenoxy) is 1. The van der Waals surface area contributed by atoms with Crippen LogP contribution in [0, 0.1) is 5.92 Å². The summed E-state index contributed by atoms with van der Waals surface area (Å²) in [5.41, 5.74) is 6.93. The normalized spacial score (nSPS) is 19.5. The Hall–Kier alpha value is -1.55. The van der Waals surface area contributed by atoms with Crippen LogP contribution in [0.25, 0.3) is 0 Å².